The molecule has 2 unspecified atom stereocenters. The van der Waals surface area contributed by atoms with Crippen LogP contribution in [0.3, 0.4) is 0 Å². The SMILES string of the molecule is CCCNc1ncnc(NC2CCCCCC2O)c1C. The van der Waals surface area contributed by atoms with E-state index in [1.165, 1.54) is 12.8 Å². The van der Waals surface area contributed by atoms with Crippen LogP contribution in [0.5, 0.6) is 0 Å². The van der Waals surface area contributed by atoms with Crippen LogP contribution in [-0.4, -0.2) is 33.8 Å². The normalized spacial score (nSPS) is 23.1. The van der Waals surface area contributed by atoms with Gasteiger partial charge >= 0.3 is 0 Å². The third-order valence-corrected chi connectivity index (χ3v) is 3.93. The number of aromatic nitrogens is 2. The Morgan fingerprint density at radius 1 is 1.20 bits per heavy atom. The first kappa shape index (κ1) is 15.0. The minimum absolute atomic E-state index is 0.102. The fraction of sp³-hybridized carbons (Fsp3) is 0.733. The summed E-state index contributed by atoms with van der Waals surface area (Å²) in [5.74, 6) is 1.72. The monoisotopic (exact) mass is 278 g/mol. The summed E-state index contributed by atoms with van der Waals surface area (Å²) < 4.78 is 0. The quantitative estimate of drug-likeness (QED) is 0.722. The van der Waals surface area contributed by atoms with E-state index >= 15 is 0 Å². The van der Waals surface area contributed by atoms with Crippen molar-refractivity contribution in [3.8, 4) is 0 Å². The van der Waals surface area contributed by atoms with Gasteiger partial charge in [0, 0.05) is 12.1 Å². The van der Waals surface area contributed by atoms with Gasteiger partial charge in [-0.15, -0.1) is 0 Å². The molecule has 0 saturated heterocycles. The second-order valence-electron chi connectivity index (χ2n) is 5.58. The van der Waals surface area contributed by atoms with Gasteiger partial charge in [-0.2, -0.15) is 0 Å². The summed E-state index contributed by atoms with van der Waals surface area (Å²) in [6, 6.07) is 0.102. The molecule has 3 N–H and O–H groups in total. The van der Waals surface area contributed by atoms with Gasteiger partial charge in [0.25, 0.3) is 0 Å². The molecular weight excluding hydrogens is 252 g/mol. The van der Waals surface area contributed by atoms with Crippen LogP contribution in [0.15, 0.2) is 6.33 Å². The maximum Gasteiger partial charge on any atom is 0.134 e. The fourth-order valence-corrected chi connectivity index (χ4v) is 2.65. The molecule has 0 bridgehead atoms. The molecule has 0 amide bonds. The Labute approximate surface area is 121 Å². The summed E-state index contributed by atoms with van der Waals surface area (Å²) >= 11 is 0. The number of anilines is 2. The van der Waals surface area contributed by atoms with Crippen molar-refractivity contribution >= 4 is 11.6 Å². The number of aliphatic hydroxyl groups excluding tert-OH is 1. The maximum absolute atomic E-state index is 10.2. The lowest BCUT2D eigenvalue weighted by atomic mass is 10.1. The van der Waals surface area contributed by atoms with Crippen LogP contribution < -0.4 is 10.6 Å². The van der Waals surface area contributed by atoms with Gasteiger partial charge in [0.15, 0.2) is 0 Å². The number of nitrogens with zero attached hydrogens (tertiary/aromatic N) is 2. The highest BCUT2D eigenvalue weighted by Gasteiger charge is 2.22. The minimum Gasteiger partial charge on any atom is -0.391 e. The molecule has 1 aliphatic rings. The van der Waals surface area contributed by atoms with Gasteiger partial charge in [0.1, 0.15) is 18.0 Å². The highest BCUT2D eigenvalue weighted by molar-refractivity contribution is 5.56. The lowest BCUT2D eigenvalue weighted by Crippen LogP contribution is -2.33. The Hall–Kier alpha value is -1.36. The molecule has 1 aliphatic carbocycles. The molecule has 5 nitrogen and oxygen atoms in total. The third-order valence-electron chi connectivity index (χ3n) is 3.93. The third kappa shape index (κ3) is 3.82. The number of rotatable bonds is 5. The van der Waals surface area contributed by atoms with E-state index in [0.717, 1.165) is 49.4 Å². The van der Waals surface area contributed by atoms with Gasteiger partial charge in [0.05, 0.1) is 12.1 Å². The summed E-state index contributed by atoms with van der Waals surface area (Å²) in [5.41, 5.74) is 1.03. The summed E-state index contributed by atoms with van der Waals surface area (Å²) in [6.45, 7) is 5.05. The van der Waals surface area contributed by atoms with E-state index < -0.39 is 0 Å². The van der Waals surface area contributed by atoms with E-state index in [9.17, 15) is 5.11 Å². The van der Waals surface area contributed by atoms with Gasteiger partial charge in [0.2, 0.25) is 0 Å². The Bertz CT molecular complexity index is 424. The molecule has 112 valence electrons. The minimum atomic E-state index is -0.279. The fourth-order valence-electron chi connectivity index (χ4n) is 2.65. The molecule has 0 aliphatic heterocycles. The molecule has 1 fully saturated rings. The summed E-state index contributed by atoms with van der Waals surface area (Å²) in [6.07, 6.45) is 7.74. The summed E-state index contributed by atoms with van der Waals surface area (Å²) in [4.78, 5) is 8.62. The lowest BCUT2D eigenvalue weighted by molar-refractivity contribution is 0.144. The Morgan fingerprint density at radius 3 is 2.75 bits per heavy atom. The largest absolute Gasteiger partial charge is 0.391 e. The van der Waals surface area contributed by atoms with Crippen molar-refractivity contribution in [3.05, 3.63) is 11.9 Å². The maximum atomic E-state index is 10.2. The molecule has 5 heteroatoms. The zero-order chi connectivity index (χ0) is 14.4. The summed E-state index contributed by atoms with van der Waals surface area (Å²) in [5, 5.41) is 16.9. The zero-order valence-electron chi connectivity index (χ0n) is 12.5. The number of nitrogens with one attached hydrogen (secondary N) is 2. The van der Waals surface area contributed by atoms with E-state index in [0.29, 0.717) is 0 Å². The molecular formula is C15H26N4O. The van der Waals surface area contributed by atoms with Crippen molar-refractivity contribution < 1.29 is 5.11 Å². The lowest BCUT2D eigenvalue weighted by Gasteiger charge is -2.23. The molecule has 1 aromatic rings. The molecule has 0 spiro atoms. The van der Waals surface area contributed by atoms with Crippen LogP contribution in [0.25, 0.3) is 0 Å². The molecule has 1 aromatic heterocycles. The van der Waals surface area contributed by atoms with E-state index in [-0.39, 0.29) is 12.1 Å². The molecule has 0 aromatic carbocycles. The van der Waals surface area contributed by atoms with E-state index in [2.05, 4.69) is 27.5 Å². The van der Waals surface area contributed by atoms with E-state index in [1.54, 1.807) is 6.33 Å². The first-order valence-corrected chi connectivity index (χ1v) is 7.72. The number of hydrogen-bond acceptors (Lipinski definition) is 5. The predicted molar refractivity (Wildman–Crippen MR) is 82.1 cm³/mol. The van der Waals surface area contributed by atoms with Crippen molar-refractivity contribution in [2.24, 2.45) is 0 Å². The molecule has 2 atom stereocenters. The van der Waals surface area contributed by atoms with Crippen molar-refractivity contribution in [3.63, 3.8) is 0 Å². The number of hydrogen-bond donors (Lipinski definition) is 3. The highest BCUT2D eigenvalue weighted by Crippen LogP contribution is 2.24. The molecule has 0 radical (unpaired) electrons. The van der Waals surface area contributed by atoms with Crippen LogP contribution in [0.2, 0.25) is 0 Å². The van der Waals surface area contributed by atoms with E-state index in [4.69, 9.17) is 0 Å². The van der Waals surface area contributed by atoms with Gasteiger partial charge in [-0.1, -0.05) is 26.2 Å². The van der Waals surface area contributed by atoms with E-state index in [1.807, 2.05) is 6.92 Å². The highest BCUT2D eigenvalue weighted by atomic mass is 16.3. The second-order valence-corrected chi connectivity index (χ2v) is 5.58. The van der Waals surface area contributed by atoms with Crippen LogP contribution in [0.1, 0.15) is 51.0 Å². The molecule has 1 heterocycles. The van der Waals surface area contributed by atoms with Crippen LogP contribution in [-0.2, 0) is 0 Å². The zero-order valence-corrected chi connectivity index (χ0v) is 12.5. The van der Waals surface area contributed by atoms with Crippen molar-refractivity contribution in [1.82, 2.24) is 9.97 Å². The smallest absolute Gasteiger partial charge is 0.134 e. The Kier molecular flexibility index (Phi) is 5.59. The molecule has 1 saturated carbocycles. The summed E-state index contributed by atoms with van der Waals surface area (Å²) in [7, 11) is 0. The van der Waals surface area contributed by atoms with Crippen molar-refractivity contribution in [1.29, 1.82) is 0 Å². The Morgan fingerprint density at radius 2 is 1.95 bits per heavy atom. The standard InChI is InChI=1S/C15H26N4O/c1-3-9-16-14-11(2)15(18-10-17-14)19-12-7-5-4-6-8-13(12)20/h10,12-13,20H,3-9H2,1-2H3,(H2,16,17,18,19). The molecule has 20 heavy (non-hydrogen) atoms. The van der Waals surface area contributed by atoms with Crippen LogP contribution in [0.4, 0.5) is 11.6 Å². The van der Waals surface area contributed by atoms with Crippen molar-refractivity contribution in [2.45, 2.75) is 64.5 Å². The van der Waals surface area contributed by atoms with Gasteiger partial charge < -0.3 is 15.7 Å². The topological polar surface area (TPSA) is 70.1 Å². The van der Waals surface area contributed by atoms with Gasteiger partial charge in [-0.3, -0.25) is 0 Å². The average Bonchev–Trinajstić information content (AvgIpc) is 2.65. The van der Waals surface area contributed by atoms with Crippen LogP contribution in [0, 0.1) is 6.92 Å². The average molecular weight is 278 g/mol. The van der Waals surface area contributed by atoms with Gasteiger partial charge in [-0.05, 0) is 26.2 Å². The van der Waals surface area contributed by atoms with Gasteiger partial charge in [-0.25, -0.2) is 9.97 Å². The molecule has 2 rings (SSSR count). The first-order chi connectivity index (χ1) is 9.72. The number of aliphatic hydroxyl groups is 1. The second kappa shape index (κ2) is 7.43. The predicted octanol–water partition coefficient (Wildman–Crippen LogP) is 2.71. The van der Waals surface area contributed by atoms with Crippen molar-refractivity contribution in [2.75, 3.05) is 17.2 Å². The Balaban J connectivity index is 2.07. The first-order valence-electron chi connectivity index (χ1n) is 7.72. The van der Waals surface area contributed by atoms with Crippen LogP contribution >= 0.6 is 0 Å².